The highest BCUT2D eigenvalue weighted by atomic mass is 19.3. The van der Waals surface area contributed by atoms with Crippen LogP contribution in [-0.2, 0) is 4.79 Å². The van der Waals surface area contributed by atoms with E-state index in [9.17, 15) is 13.6 Å². The molecule has 1 aliphatic carbocycles. The molecule has 1 saturated carbocycles. The topological polar surface area (TPSA) is 29.1 Å². The lowest BCUT2D eigenvalue weighted by Crippen LogP contribution is -2.34. The summed E-state index contributed by atoms with van der Waals surface area (Å²) in [5.41, 5.74) is 2.37. The van der Waals surface area contributed by atoms with Crippen LogP contribution in [0.25, 0.3) is 0 Å². The highest BCUT2D eigenvalue weighted by Crippen LogP contribution is 2.50. The SMILES string of the molecule is Cc1cccc(C2CC(F)(F)C2)c1NC(=O)CC(C)(C)C. The van der Waals surface area contributed by atoms with Crippen molar-refractivity contribution in [2.24, 2.45) is 5.41 Å². The average Bonchev–Trinajstić information content (AvgIpc) is 2.26. The molecule has 0 atom stereocenters. The van der Waals surface area contributed by atoms with Gasteiger partial charge in [0.25, 0.3) is 0 Å². The van der Waals surface area contributed by atoms with Crippen LogP contribution in [-0.4, -0.2) is 11.8 Å². The summed E-state index contributed by atoms with van der Waals surface area (Å²) in [6, 6.07) is 5.60. The Morgan fingerprint density at radius 1 is 1.33 bits per heavy atom. The fourth-order valence-electron chi connectivity index (χ4n) is 2.75. The molecule has 1 aliphatic rings. The van der Waals surface area contributed by atoms with Crippen molar-refractivity contribution in [1.82, 2.24) is 0 Å². The molecule has 1 amide bonds. The van der Waals surface area contributed by atoms with Gasteiger partial charge in [-0.15, -0.1) is 0 Å². The van der Waals surface area contributed by atoms with Crippen LogP contribution >= 0.6 is 0 Å². The van der Waals surface area contributed by atoms with Crippen LogP contribution in [0.2, 0.25) is 0 Å². The quantitative estimate of drug-likeness (QED) is 0.845. The molecular weight excluding hydrogens is 272 g/mol. The van der Waals surface area contributed by atoms with Crippen LogP contribution < -0.4 is 5.32 Å². The van der Waals surface area contributed by atoms with Crippen molar-refractivity contribution in [1.29, 1.82) is 0 Å². The van der Waals surface area contributed by atoms with Gasteiger partial charge in [0.2, 0.25) is 11.8 Å². The summed E-state index contributed by atoms with van der Waals surface area (Å²) in [6.07, 6.45) is 0.152. The number of anilines is 1. The fourth-order valence-corrected chi connectivity index (χ4v) is 2.75. The lowest BCUT2D eigenvalue weighted by Gasteiger charge is -2.36. The van der Waals surface area contributed by atoms with E-state index >= 15 is 0 Å². The predicted octanol–water partition coefficient (Wildman–Crippen LogP) is 4.88. The largest absolute Gasteiger partial charge is 0.326 e. The van der Waals surface area contributed by atoms with Crippen LogP contribution in [0, 0.1) is 12.3 Å². The van der Waals surface area contributed by atoms with E-state index in [1.54, 1.807) is 0 Å². The Balaban J connectivity index is 2.17. The first-order chi connectivity index (χ1) is 9.57. The predicted molar refractivity (Wildman–Crippen MR) is 80.8 cm³/mol. The molecule has 0 bridgehead atoms. The van der Waals surface area contributed by atoms with Gasteiger partial charge in [-0.2, -0.15) is 0 Å². The minimum absolute atomic E-state index is 0.0656. The monoisotopic (exact) mass is 295 g/mol. The Bertz CT molecular complexity index is 538. The normalized spacial score (nSPS) is 18.2. The van der Waals surface area contributed by atoms with E-state index < -0.39 is 5.92 Å². The van der Waals surface area contributed by atoms with Gasteiger partial charge < -0.3 is 5.32 Å². The summed E-state index contributed by atoms with van der Waals surface area (Å²) < 4.78 is 26.2. The van der Waals surface area contributed by atoms with Gasteiger partial charge >= 0.3 is 0 Å². The van der Waals surface area contributed by atoms with Gasteiger partial charge in [-0.1, -0.05) is 39.0 Å². The second kappa shape index (κ2) is 5.39. The molecule has 0 unspecified atom stereocenters. The maximum atomic E-state index is 13.1. The van der Waals surface area contributed by atoms with Gasteiger partial charge in [0, 0.05) is 24.9 Å². The molecule has 0 aromatic heterocycles. The van der Waals surface area contributed by atoms with E-state index in [0.717, 1.165) is 11.1 Å². The lowest BCUT2D eigenvalue weighted by molar-refractivity contribution is -0.117. The van der Waals surface area contributed by atoms with Crippen LogP contribution in [0.1, 0.15) is 57.1 Å². The number of amides is 1. The Morgan fingerprint density at radius 2 is 1.95 bits per heavy atom. The number of halogens is 2. The number of carbonyl (C=O) groups excluding carboxylic acids is 1. The Kier molecular flexibility index (Phi) is 4.09. The molecule has 116 valence electrons. The number of alkyl halides is 2. The summed E-state index contributed by atoms with van der Waals surface area (Å²) in [5, 5.41) is 2.93. The number of hydrogen-bond acceptors (Lipinski definition) is 1. The zero-order chi connectivity index (χ0) is 15.8. The number of para-hydroxylation sites is 1. The van der Waals surface area contributed by atoms with Crippen molar-refractivity contribution < 1.29 is 13.6 Å². The van der Waals surface area contributed by atoms with Crippen LogP contribution in [0.3, 0.4) is 0 Å². The molecule has 1 aromatic rings. The zero-order valence-electron chi connectivity index (χ0n) is 13.1. The zero-order valence-corrected chi connectivity index (χ0v) is 13.1. The minimum atomic E-state index is -2.55. The number of benzene rings is 1. The molecule has 0 radical (unpaired) electrons. The van der Waals surface area contributed by atoms with Gasteiger partial charge in [0.05, 0.1) is 0 Å². The van der Waals surface area contributed by atoms with Gasteiger partial charge in [-0.05, 0) is 29.4 Å². The van der Waals surface area contributed by atoms with Crippen molar-refractivity contribution in [3.8, 4) is 0 Å². The van der Waals surface area contributed by atoms with Crippen LogP contribution in [0.15, 0.2) is 18.2 Å². The molecule has 0 saturated heterocycles. The molecule has 0 aliphatic heterocycles. The number of aryl methyl sites for hydroxylation is 1. The second-order valence-electron chi connectivity index (χ2n) is 7.29. The van der Waals surface area contributed by atoms with Crippen LogP contribution in [0.4, 0.5) is 14.5 Å². The third-order valence-electron chi connectivity index (χ3n) is 3.79. The van der Waals surface area contributed by atoms with E-state index in [1.807, 2.05) is 45.9 Å². The van der Waals surface area contributed by atoms with Gasteiger partial charge in [0.1, 0.15) is 0 Å². The molecule has 21 heavy (non-hydrogen) atoms. The molecule has 1 aromatic carbocycles. The van der Waals surface area contributed by atoms with Crippen LogP contribution in [0.5, 0.6) is 0 Å². The smallest absolute Gasteiger partial charge is 0.249 e. The molecule has 2 nitrogen and oxygen atoms in total. The summed E-state index contributed by atoms with van der Waals surface area (Å²) >= 11 is 0. The molecule has 0 heterocycles. The van der Waals surface area contributed by atoms with E-state index in [0.29, 0.717) is 12.1 Å². The minimum Gasteiger partial charge on any atom is -0.326 e. The summed E-state index contributed by atoms with van der Waals surface area (Å²) in [5.74, 6) is -2.78. The highest BCUT2D eigenvalue weighted by molar-refractivity contribution is 5.92. The first kappa shape index (κ1) is 15.9. The highest BCUT2D eigenvalue weighted by Gasteiger charge is 2.46. The summed E-state index contributed by atoms with van der Waals surface area (Å²) in [6.45, 7) is 7.89. The number of hydrogen-bond donors (Lipinski definition) is 1. The summed E-state index contributed by atoms with van der Waals surface area (Å²) in [7, 11) is 0. The maximum Gasteiger partial charge on any atom is 0.249 e. The van der Waals surface area contributed by atoms with Crippen molar-refractivity contribution in [3.63, 3.8) is 0 Å². The second-order valence-corrected chi connectivity index (χ2v) is 7.29. The van der Waals surface area contributed by atoms with Crippen molar-refractivity contribution in [2.75, 3.05) is 5.32 Å². The van der Waals surface area contributed by atoms with Crippen molar-refractivity contribution in [2.45, 2.75) is 58.8 Å². The standard InChI is InChI=1S/C17H23F2NO/c1-11-6-5-7-13(12-8-17(18,19)9-12)15(11)20-14(21)10-16(2,3)4/h5-7,12H,8-10H2,1-4H3,(H,20,21). The first-order valence-corrected chi connectivity index (χ1v) is 7.35. The molecular formula is C17H23F2NO. The molecule has 2 rings (SSSR count). The Labute approximate surface area is 124 Å². The van der Waals surface area contributed by atoms with Crippen molar-refractivity contribution in [3.05, 3.63) is 29.3 Å². The molecule has 1 fully saturated rings. The number of carbonyl (C=O) groups is 1. The third-order valence-corrected chi connectivity index (χ3v) is 3.79. The maximum absolute atomic E-state index is 13.1. The number of nitrogens with one attached hydrogen (secondary N) is 1. The van der Waals surface area contributed by atoms with Gasteiger partial charge in [-0.25, -0.2) is 8.78 Å². The van der Waals surface area contributed by atoms with E-state index in [2.05, 4.69) is 5.32 Å². The number of rotatable bonds is 3. The Hall–Kier alpha value is -1.45. The van der Waals surface area contributed by atoms with E-state index in [1.165, 1.54) is 0 Å². The molecule has 1 N–H and O–H groups in total. The Morgan fingerprint density at radius 3 is 2.48 bits per heavy atom. The molecule has 4 heteroatoms. The third kappa shape index (κ3) is 4.02. The average molecular weight is 295 g/mol. The van der Waals surface area contributed by atoms with E-state index in [-0.39, 0.29) is 30.1 Å². The van der Waals surface area contributed by atoms with Gasteiger partial charge in [0.15, 0.2) is 0 Å². The molecule has 0 spiro atoms. The summed E-state index contributed by atoms with van der Waals surface area (Å²) in [4.78, 5) is 12.1. The lowest BCUT2D eigenvalue weighted by atomic mass is 9.75. The fraction of sp³-hybridized carbons (Fsp3) is 0.588. The first-order valence-electron chi connectivity index (χ1n) is 7.35. The van der Waals surface area contributed by atoms with Crippen molar-refractivity contribution >= 4 is 11.6 Å². The van der Waals surface area contributed by atoms with E-state index in [4.69, 9.17) is 0 Å². The van der Waals surface area contributed by atoms with Gasteiger partial charge in [-0.3, -0.25) is 4.79 Å².